The Labute approximate surface area is 67.6 Å². The van der Waals surface area contributed by atoms with Gasteiger partial charge in [-0.1, -0.05) is 0 Å². The van der Waals surface area contributed by atoms with E-state index in [0.717, 1.165) is 6.20 Å². The van der Waals surface area contributed by atoms with Crippen molar-refractivity contribution in [3.8, 4) is 5.75 Å². The van der Waals surface area contributed by atoms with Crippen molar-refractivity contribution in [3.05, 3.63) is 24.0 Å². The zero-order valence-corrected chi connectivity index (χ0v) is 6.08. The summed E-state index contributed by atoms with van der Waals surface area (Å²) in [4.78, 5) is 3.64. The van der Waals surface area contributed by atoms with E-state index in [1.807, 2.05) is 0 Å². The zero-order chi connectivity index (χ0) is 8.97. The summed E-state index contributed by atoms with van der Waals surface area (Å²) in [5.41, 5.74) is 0.414. The van der Waals surface area contributed by atoms with E-state index in [0.29, 0.717) is 5.69 Å². The molecule has 1 aromatic rings. The molecule has 3 nitrogen and oxygen atoms in total. The Hall–Kier alpha value is -1.23. The average Bonchev–Trinajstić information content (AvgIpc) is 2.05. The van der Waals surface area contributed by atoms with Gasteiger partial charge in [-0.15, -0.1) is 0 Å². The van der Waals surface area contributed by atoms with Crippen LogP contribution in [0.25, 0.3) is 0 Å². The van der Waals surface area contributed by atoms with E-state index in [1.54, 1.807) is 0 Å². The van der Waals surface area contributed by atoms with Crippen LogP contribution in [0.5, 0.6) is 5.75 Å². The number of rotatable bonds is 3. The van der Waals surface area contributed by atoms with Crippen molar-refractivity contribution in [2.75, 3.05) is 0 Å². The predicted molar refractivity (Wildman–Crippen MR) is 36.8 cm³/mol. The maximum atomic E-state index is 11.6. The van der Waals surface area contributed by atoms with E-state index in [2.05, 4.69) is 9.72 Å². The molecule has 0 fully saturated rings. The van der Waals surface area contributed by atoms with Crippen LogP contribution in [0.2, 0.25) is 0 Å². The molecule has 1 N–H and O–H groups in total. The van der Waals surface area contributed by atoms with E-state index in [1.165, 1.54) is 12.1 Å². The number of aromatic nitrogens is 1. The highest BCUT2D eigenvalue weighted by atomic mass is 19.3. The minimum atomic E-state index is -2.84. The number of aliphatic hydroxyl groups excluding tert-OH is 1. The smallest absolute Gasteiger partial charge is 0.387 e. The van der Waals surface area contributed by atoms with Gasteiger partial charge in [0.2, 0.25) is 0 Å². The minimum Gasteiger partial charge on any atom is -0.433 e. The molecule has 0 unspecified atom stereocenters. The van der Waals surface area contributed by atoms with Crippen LogP contribution in [0, 0.1) is 0 Å². The molecule has 5 heteroatoms. The van der Waals surface area contributed by atoms with E-state index in [-0.39, 0.29) is 12.4 Å². The number of pyridine rings is 1. The van der Waals surface area contributed by atoms with Gasteiger partial charge in [0.15, 0.2) is 0 Å². The first kappa shape index (κ1) is 8.86. The van der Waals surface area contributed by atoms with Crippen LogP contribution in [-0.4, -0.2) is 16.7 Å². The fourth-order valence-corrected chi connectivity index (χ4v) is 0.677. The third kappa shape index (κ3) is 2.43. The molecule has 0 aromatic carbocycles. The lowest BCUT2D eigenvalue weighted by Crippen LogP contribution is -2.02. The molecule has 0 aliphatic rings. The summed E-state index contributed by atoms with van der Waals surface area (Å²) in [7, 11) is 0. The molecule has 0 spiro atoms. The van der Waals surface area contributed by atoms with Crippen LogP contribution in [-0.2, 0) is 6.61 Å². The molecule has 1 rings (SSSR count). The van der Waals surface area contributed by atoms with Crippen molar-refractivity contribution in [2.24, 2.45) is 0 Å². The molecule has 1 heterocycles. The highest BCUT2D eigenvalue weighted by molar-refractivity contribution is 5.19. The van der Waals surface area contributed by atoms with Gasteiger partial charge in [0, 0.05) is 0 Å². The van der Waals surface area contributed by atoms with Crippen LogP contribution in [0.1, 0.15) is 5.69 Å². The highest BCUT2D eigenvalue weighted by Gasteiger charge is 2.03. The molecule has 0 saturated carbocycles. The Morgan fingerprint density at radius 1 is 1.50 bits per heavy atom. The van der Waals surface area contributed by atoms with Gasteiger partial charge in [-0.2, -0.15) is 8.78 Å². The quantitative estimate of drug-likeness (QED) is 0.749. The lowest BCUT2D eigenvalue weighted by atomic mass is 10.3. The van der Waals surface area contributed by atoms with Crippen LogP contribution in [0.15, 0.2) is 18.3 Å². The summed E-state index contributed by atoms with van der Waals surface area (Å²) in [5, 5.41) is 8.56. The number of hydrogen-bond donors (Lipinski definition) is 1. The fourth-order valence-electron chi connectivity index (χ4n) is 0.677. The van der Waals surface area contributed by atoms with Crippen molar-refractivity contribution in [2.45, 2.75) is 13.2 Å². The van der Waals surface area contributed by atoms with Crippen LogP contribution < -0.4 is 4.74 Å². The van der Waals surface area contributed by atoms with E-state index in [4.69, 9.17) is 5.11 Å². The van der Waals surface area contributed by atoms with Gasteiger partial charge < -0.3 is 9.84 Å². The monoisotopic (exact) mass is 175 g/mol. The van der Waals surface area contributed by atoms with E-state index in [9.17, 15) is 8.78 Å². The first-order valence-electron chi connectivity index (χ1n) is 3.23. The molecular weight excluding hydrogens is 168 g/mol. The maximum absolute atomic E-state index is 11.6. The van der Waals surface area contributed by atoms with Crippen molar-refractivity contribution < 1.29 is 18.6 Å². The summed E-state index contributed by atoms with van der Waals surface area (Å²) in [6.45, 7) is -3.05. The molecular formula is C7H7F2NO2. The minimum absolute atomic E-state index is 0.0119. The second-order valence-corrected chi connectivity index (χ2v) is 2.02. The lowest BCUT2D eigenvalue weighted by Gasteiger charge is -2.03. The Kier molecular flexibility index (Phi) is 2.93. The van der Waals surface area contributed by atoms with Crippen LogP contribution in [0.3, 0.4) is 0 Å². The zero-order valence-electron chi connectivity index (χ0n) is 6.08. The van der Waals surface area contributed by atoms with Crippen LogP contribution >= 0.6 is 0 Å². The van der Waals surface area contributed by atoms with Crippen molar-refractivity contribution in [1.29, 1.82) is 0 Å². The number of hydrogen-bond acceptors (Lipinski definition) is 3. The van der Waals surface area contributed by atoms with E-state index >= 15 is 0 Å². The highest BCUT2D eigenvalue weighted by Crippen LogP contribution is 2.11. The number of alkyl halides is 2. The molecule has 0 saturated heterocycles. The molecule has 0 atom stereocenters. The Morgan fingerprint density at radius 3 is 2.67 bits per heavy atom. The molecule has 66 valence electrons. The second-order valence-electron chi connectivity index (χ2n) is 2.02. The first-order valence-corrected chi connectivity index (χ1v) is 3.23. The maximum Gasteiger partial charge on any atom is 0.387 e. The molecule has 0 aliphatic heterocycles. The van der Waals surface area contributed by atoms with E-state index < -0.39 is 6.61 Å². The summed E-state index contributed by atoms with van der Waals surface area (Å²) in [6.07, 6.45) is 1.14. The third-order valence-electron chi connectivity index (χ3n) is 1.18. The number of ether oxygens (including phenoxy) is 1. The first-order chi connectivity index (χ1) is 5.72. The number of halogens is 2. The van der Waals surface area contributed by atoms with Crippen molar-refractivity contribution in [1.82, 2.24) is 4.98 Å². The Balaban J connectivity index is 2.65. The lowest BCUT2D eigenvalue weighted by molar-refractivity contribution is -0.0501. The van der Waals surface area contributed by atoms with Gasteiger partial charge >= 0.3 is 6.61 Å². The van der Waals surface area contributed by atoms with Gasteiger partial charge in [-0.05, 0) is 12.1 Å². The largest absolute Gasteiger partial charge is 0.433 e. The fraction of sp³-hybridized carbons (Fsp3) is 0.286. The second kappa shape index (κ2) is 3.96. The predicted octanol–water partition coefficient (Wildman–Crippen LogP) is 1.18. The molecule has 0 aliphatic carbocycles. The topological polar surface area (TPSA) is 42.4 Å². The molecule has 0 amide bonds. The van der Waals surface area contributed by atoms with Gasteiger partial charge in [-0.3, -0.25) is 4.98 Å². The average molecular weight is 175 g/mol. The van der Waals surface area contributed by atoms with Gasteiger partial charge in [0.05, 0.1) is 18.5 Å². The van der Waals surface area contributed by atoms with Crippen LogP contribution in [0.4, 0.5) is 8.78 Å². The third-order valence-corrected chi connectivity index (χ3v) is 1.18. The van der Waals surface area contributed by atoms with Crippen molar-refractivity contribution in [3.63, 3.8) is 0 Å². The molecule has 12 heavy (non-hydrogen) atoms. The van der Waals surface area contributed by atoms with Gasteiger partial charge in [0.1, 0.15) is 5.75 Å². The molecule has 0 bridgehead atoms. The summed E-state index contributed by atoms with van der Waals surface area (Å²) in [6, 6.07) is 2.74. The molecule has 0 radical (unpaired) electrons. The Bertz CT molecular complexity index is 238. The summed E-state index contributed by atoms with van der Waals surface area (Å²) in [5.74, 6) is -0.0119. The Morgan fingerprint density at radius 2 is 2.25 bits per heavy atom. The van der Waals surface area contributed by atoms with Gasteiger partial charge in [0.25, 0.3) is 0 Å². The normalized spacial score (nSPS) is 10.3. The molecule has 1 aromatic heterocycles. The number of nitrogens with zero attached hydrogens (tertiary/aromatic N) is 1. The summed E-state index contributed by atoms with van der Waals surface area (Å²) < 4.78 is 27.2. The van der Waals surface area contributed by atoms with Gasteiger partial charge in [-0.25, -0.2) is 0 Å². The van der Waals surface area contributed by atoms with Crippen molar-refractivity contribution >= 4 is 0 Å². The summed E-state index contributed by atoms with van der Waals surface area (Å²) >= 11 is 0. The standard InChI is InChI=1S/C7H7F2NO2/c8-7(9)12-6-2-1-5(4-11)10-3-6/h1-3,7,11H,4H2. The number of aliphatic hydroxyl groups is 1. The SMILES string of the molecule is OCc1ccc(OC(F)F)cn1.